The van der Waals surface area contributed by atoms with E-state index in [1.54, 1.807) is 33.9 Å². The van der Waals surface area contributed by atoms with Crippen LogP contribution in [0.15, 0.2) is 23.1 Å². The van der Waals surface area contributed by atoms with Crippen LogP contribution >= 0.6 is 23.2 Å². The van der Waals surface area contributed by atoms with Crippen LogP contribution in [0.4, 0.5) is 19.9 Å². The maximum atomic E-state index is 14.3. The van der Waals surface area contributed by atoms with Crippen molar-refractivity contribution in [1.82, 2.24) is 24.3 Å². The van der Waals surface area contributed by atoms with Crippen LogP contribution in [0.25, 0.3) is 22.2 Å². The number of carbonyl (C=O) groups is 2. The number of nitrogens with one attached hydrogen (secondary N) is 1. The lowest BCUT2D eigenvalue weighted by Crippen LogP contribution is -2.62. The Bertz CT molecular complexity index is 1560. The summed E-state index contributed by atoms with van der Waals surface area (Å²) in [6.07, 6.45) is -0.736. The Morgan fingerprint density at radius 1 is 1.14 bits per heavy atom. The van der Waals surface area contributed by atoms with E-state index >= 15 is 0 Å². The molecule has 1 aliphatic heterocycles. The Hall–Kier alpha value is -3.84. The van der Waals surface area contributed by atoms with Gasteiger partial charge in [-0.25, -0.2) is 14.6 Å². The molecule has 1 aromatic carbocycles. The number of benzene rings is 1. The van der Waals surface area contributed by atoms with Crippen molar-refractivity contribution in [1.29, 1.82) is 0 Å². The molecule has 1 N–H and O–H groups in total. The fraction of sp³-hybridized carbons (Fsp3) is 0.444. The molecule has 0 spiro atoms. The molecular weight excluding hydrogens is 594 g/mol. The SMILES string of the molecule is CNc1ncc2cc(-c3c(Cl)c(OC)cc(OC)c3Cl)c(=O)n(CCN(C(=O)F)C3CN(C(=O)OC(C)(C)C)C3)c2n1. The van der Waals surface area contributed by atoms with Gasteiger partial charge in [0.2, 0.25) is 5.95 Å². The Morgan fingerprint density at radius 3 is 2.29 bits per heavy atom. The molecule has 2 aromatic heterocycles. The summed E-state index contributed by atoms with van der Waals surface area (Å²) in [5.74, 6) is 0.705. The van der Waals surface area contributed by atoms with E-state index < -0.39 is 29.5 Å². The Kier molecular flexibility index (Phi) is 9.02. The number of likely N-dealkylation sites (tertiary alicyclic amines) is 1. The van der Waals surface area contributed by atoms with Crippen LogP contribution in [-0.4, -0.2) is 89.1 Å². The third-order valence-electron chi connectivity index (χ3n) is 6.64. The molecule has 0 bridgehead atoms. The second kappa shape index (κ2) is 12.2. The average molecular weight is 625 g/mol. The summed E-state index contributed by atoms with van der Waals surface area (Å²) in [4.78, 5) is 49.4. The number of aromatic nitrogens is 3. The summed E-state index contributed by atoms with van der Waals surface area (Å²) < 4.78 is 31.6. The van der Waals surface area contributed by atoms with Gasteiger partial charge in [-0.15, -0.1) is 4.39 Å². The van der Waals surface area contributed by atoms with Gasteiger partial charge in [0.05, 0.1) is 35.9 Å². The highest BCUT2D eigenvalue weighted by Crippen LogP contribution is 2.45. The van der Waals surface area contributed by atoms with Crippen LogP contribution in [0.3, 0.4) is 0 Å². The maximum absolute atomic E-state index is 14.3. The molecule has 0 radical (unpaired) electrons. The van der Waals surface area contributed by atoms with Gasteiger partial charge in [0.15, 0.2) is 0 Å². The lowest BCUT2D eigenvalue weighted by atomic mass is 10.0. The van der Waals surface area contributed by atoms with Crippen molar-refractivity contribution >= 4 is 52.4 Å². The number of methoxy groups -OCH3 is 2. The van der Waals surface area contributed by atoms with Gasteiger partial charge in [-0.2, -0.15) is 4.98 Å². The van der Waals surface area contributed by atoms with Crippen LogP contribution in [-0.2, 0) is 11.3 Å². The molecule has 1 fully saturated rings. The van der Waals surface area contributed by atoms with E-state index in [4.69, 9.17) is 37.4 Å². The molecule has 42 heavy (non-hydrogen) atoms. The van der Waals surface area contributed by atoms with Crippen molar-refractivity contribution in [2.75, 3.05) is 46.2 Å². The Morgan fingerprint density at radius 2 is 1.76 bits per heavy atom. The molecule has 0 unspecified atom stereocenters. The molecule has 3 aromatic rings. The molecule has 15 heteroatoms. The molecule has 0 saturated carbocycles. The quantitative estimate of drug-likeness (QED) is 0.277. The standard InChI is InChI=1S/C27H31Cl2FN6O6/c1-27(2,3)42-26(39)34-12-15(13-34)35(24(30)38)7-8-36-22-14(11-32-25(31-4)33-22)9-16(23(36)37)19-20(28)17(40-5)10-18(41-6)21(19)29/h9-11,15H,7-8,12-13H2,1-6H3,(H,31,32,33). The van der Waals surface area contributed by atoms with E-state index in [2.05, 4.69) is 15.3 Å². The molecule has 1 saturated heterocycles. The molecule has 0 atom stereocenters. The highest BCUT2D eigenvalue weighted by atomic mass is 35.5. The molecule has 4 rings (SSSR count). The summed E-state index contributed by atoms with van der Waals surface area (Å²) in [5, 5.41) is 3.44. The number of ether oxygens (including phenoxy) is 3. The Labute approximate surface area is 251 Å². The maximum Gasteiger partial charge on any atom is 0.410 e. The zero-order chi connectivity index (χ0) is 30.9. The number of pyridine rings is 1. The van der Waals surface area contributed by atoms with E-state index in [0.717, 1.165) is 4.90 Å². The monoisotopic (exact) mass is 624 g/mol. The van der Waals surface area contributed by atoms with Crippen LogP contribution < -0.4 is 20.3 Å². The zero-order valence-corrected chi connectivity index (χ0v) is 25.5. The number of rotatable bonds is 8. The fourth-order valence-corrected chi connectivity index (χ4v) is 5.24. The fourth-order valence-electron chi connectivity index (χ4n) is 4.54. The summed E-state index contributed by atoms with van der Waals surface area (Å²) >= 11 is 13.2. The summed E-state index contributed by atoms with van der Waals surface area (Å²) in [6, 6.07) is 2.44. The first kappa shape index (κ1) is 31.1. The predicted octanol–water partition coefficient (Wildman–Crippen LogP) is 4.84. The van der Waals surface area contributed by atoms with Crippen molar-refractivity contribution in [3.05, 3.63) is 38.7 Å². The molecule has 12 nitrogen and oxygen atoms in total. The second-order valence-corrected chi connectivity index (χ2v) is 11.3. The number of halogens is 3. The predicted molar refractivity (Wildman–Crippen MR) is 157 cm³/mol. The number of amides is 2. The second-order valence-electron chi connectivity index (χ2n) is 10.5. The third-order valence-corrected chi connectivity index (χ3v) is 7.39. The van der Waals surface area contributed by atoms with E-state index in [-0.39, 0.29) is 70.4 Å². The minimum Gasteiger partial charge on any atom is -0.495 e. The van der Waals surface area contributed by atoms with Crippen molar-refractivity contribution in [2.24, 2.45) is 0 Å². The summed E-state index contributed by atoms with van der Waals surface area (Å²) in [5.41, 5.74) is -0.762. The molecule has 3 heterocycles. The van der Waals surface area contributed by atoms with Crippen LogP contribution in [0.1, 0.15) is 20.8 Å². The molecule has 226 valence electrons. The molecule has 0 aliphatic carbocycles. The normalized spacial score (nSPS) is 13.5. The highest BCUT2D eigenvalue weighted by molar-refractivity contribution is 6.41. The van der Waals surface area contributed by atoms with Gasteiger partial charge in [0.25, 0.3) is 5.56 Å². The first-order chi connectivity index (χ1) is 19.8. The van der Waals surface area contributed by atoms with Gasteiger partial charge in [0, 0.05) is 56.4 Å². The smallest absolute Gasteiger partial charge is 0.410 e. The third kappa shape index (κ3) is 6.16. The van der Waals surface area contributed by atoms with Crippen molar-refractivity contribution in [3.8, 4) is 22.6 Å². The first-order valence-corrected chi connectivity index (χ1v) is 13.7. The largest absolute Gasteiger partial charge is 0.495 e. The average Bonchev–Trinajstić information content (AvgIpc) is 2.89. The first-order valence-electron chi connectivity index (χ1n) is 12.9. The van der Waals surface area contributed by atoms with Crippen molar-refractivity contribution < 1.29 is 28.2 Å². The topological polar surface area (TPSA) is 128 Å². The van der Waals surface area contributed by atoms with Gasteiger partial charge in [-0.3, -0.25) is 9.36 Å². The Balaban J connectivity index is 1.74. The molecule has 1 aliphatic rings. The van der Waals surface area contributed by atoms with Gasteiger partial charge >= 0.3 is 12.3 Å². The summed E-state index contributed by atoms with van der Waals surface area (Å²) in [7, 11) is 4.45. The number of carbonyl (C=O) groups excluding carboxylic acids is 2. The van der Waals surface area contributed by atoms with Gasteiger partial charge in [-0.1, -0.05) is 23.2 Å². The lowest BCUT2D eigenvalue weighted by molar-refractivity contribution is -0.0107. The van der Waals surface area contributed by atoms with E-state index in [1.807, 2.05) is 0 Å². The number of anilines is 1. The van der Waals surface area contributed by atoms with Gasteiger partial charge in [0.1, 0.15) is 22.7 Å². The number of nitrogens with zero attached hydrogens (tertiary/aromatic N) is 5. The summed E-state index contributed by atoms with van der Waals surface area (Å²) in [6.45, 7) is 5.05. The van der Waals surface area contributed by atoms with E-state index in [1.165, 1.54) is 35.9 Å². The number of hydrogen-bond donors (Lipinski definition) is 1. The zero-order valence-electron chi connectivity index (χ0n) is 24.0. The molecular formula is C27H31Cl2FN6O6. The molecule has 2 amide bonds. The van der Waals surface area contributed by atoms with Crippen molar-refractivity contribution in [2.45, 2.75) is 39.0 Å². The van der Waals surface area contributed by atoms with E-state index in [0.29, 0.717) is 5.39 Å². The van der Waals surface area contributed by atoms with Gasteiger partial charge in [-0.05, 0) is 26.8 Å². The number of hydrogen-bond acceptors (Lipinski definition) is 9. The van der Waals surface area contributed by atoms with Crippen LogP contribution in [0, 0.1) is 0 Å². The van der Waals surface area contributed by atoms with Crippen molar-refractivity contribution in [3.63, 3.8) is 0 Å². The lowest BCUT2D eigenvalue weighted by Gasteiger charge is -2.44. The van der Waals surface area contributed by atoms with Crippen LogP contribution in [0.2, 0.25) is 10.0 Å². The number of fused-ring (bicyclic) bond motifs is 1. The highest BCUT2D eigenvalue weighted by Gasteiger charge is 2.39. The minimum absolute atomic E-state index is 0.0799. The minimum atomic E-state index is -1.69. The van der Waals surface area contributed by atoms with Crippen LogP contribution in [0.5, 0.6) is 11.5 Å². The van der Waals surface area contributed by atoms with E-state index in [9.17, 15) is 18.8 Å². The van der Waals surface area contributed by atoms with Gasteiger partial charge < -0.3 is 29.3 Å².